The molecule has 10 heteroatoms. The molecule has 0 spiro atoms. The molecule has 0 aliphatic carbocycles. The lowest BCUT2D eigenvalue weighted by Crippen LogP contribution is -2.40. The third kappa shape index (κ3) is 4.11. The SMILES string of the molecule is O=C(Nc1cc(-c2ccco2)nn1-c1nc(-c2ccccc2)cc(=O)[nH]1)C1COc2ccccc2O1. The monoisotopic (exact) mass is 481 g/mol. The van der Waals surface area contributed by atoms with Gasteiger partial charge in [-0.3, -0.25) is 14.6 Å². The van der Waals surface area contributed by atoms with Crippen LogP contribution < -0.4 is 20.3 Å². The van der Waals surface area contributed by atoms with Crippen molar-refractivity contribution < 1.29 is 18.7 Å². The number of aromatic nitrogens is 4. The standard InChI is InChI=1S/C26H19N5O5/c32-24-14-17(16-7-2-1-3-8-16)27-26(29-24)31-23(13-18(30-31)19-11-6-12-34-19)28-25(33)22-15-35-20-9-4-5-10-21(20)36-22/h1-14,22H,15H2,(H,28,33)(H,27,29,32). The molecule has 1 unspecified atom stereocenters. The van der Waals surface area contributed by atoms with Crippen LogP contribution in [0.3, 0.4) is 0 Å². The Morgan fingerprint density at radius 1 is 0.972 bits per heavy atom. The number of nitrogens with one attached hydrogen (secondary N) is 2. The van der Waals surface area contributed by atoms with E-state index in [0.29, 0.717) is 28.6 Å². The summed E-state index contributed by atoms with van der Waals surface area (Å²) in [6.07, 6.45) is 0.630. The highest BCUT2D eigenvalue weighted by Gasteiger charge is 2.29. The number of H-pyrrole nitrogens is 1. The van der Waals surface area contributed by atoms with Gasteiger partial charge in [0.25, 0.3) is 11.5 Å². The van der Waals surface area contributed by atoms with Crippen LogP contribution in [0.2, 0.25) is 0 Å². The number of rotatable bonds is 5. The van der Waals surface area contributed by atoms with Gasteiger partial charge in [0.2, 0.25) is 12.1 Å². The Balaban J connectivity index is 1.37. The number of amides is 1. The van der Waals surface area contributed by atoms with Crippen molar-refractivity contribution in [1.29, 1.82) is 0 Å². The van der Waals surface area contributed by atoms with Crippen molar-refractivity contribution in [2.75, 3.05) is 11.9 Å². The molecule has 1 aliphatic rings. The first-order valence-corrected chi connectivity index (χ1v) is 11.1. The summed E-state index contributed by atoms with van der Waals surface area (Å²) in [7, 11) is 0. The number of furan rings is 1. The summed E-state index contributed by atoms with van der Waals surface area (Å²) in [4.78, 5) is 32.9. The molecule has 2 N–H and O–H groups in total. The van der Waals surface area contributed by atoms with Gasteiger partial charge in [0.1, 0.15) is 18.1 Å². The number of nitrogens with zero attached hydrogens (tertiary/aromatic N) is 3. The predicted molar refractivity (Wildman–Crippen MR) is 130 cm³/mol. The average molecular weight is 481 g/mol. The second kappa shape index (κ2) is 8.91. The lowest BCUT2D eigenvalue weighted by Gasteiger charge is -2.25. The quantitative estimate of drug-likeness (QED) is 0.393. The summed E-state index contributed by atoms with van der Waals surface area (Å²) < 4.78 is 18.3. The third-order valence-corrected chi connectivity index (χ3v) is 5.53. The van der Waals surface area contributed by atoms with Gasteiger partial charge in [0.05, 0.1) is 12.0 Å². The number of para-hydroxylation sites is 2. The number of hydrogen-bond acceptors (Lipinski definition) is 7. The van der Waals surface area contributed by atoms with Gasteiger partial charge >= 0.3 is 0 Å². The Hall–Kier alpha value is -5.12. The van der Waals surface area contributed by atoms with E-state index in [1.165, 1.54) is 17.0 Å². The Labute approximate surface area is 204 Å². The molecule has 6 rings (SSSR count). The lowest BCUT2D eigenvalue weighted by atomic mass is 10.1. The number of aromatic amines is 1. The van der Waals surface area contributed by atoms with E-state index in [2.05, 4.69) is 20.4 Å². The minimum absolute atomic E-state index is 0.0423. The zero-order valence-corrected chi connectivity index (χ0v) is 18.8. The number of ether oxygens (including phenoxy) is 2. The number of carbonyl (C=O) groups is 1. The molecule has 1 atom stereocenters. The van der Waals surface area contributed by atoms with Gasteiger partial charge in [-0.25, -0.2) is 4.98 Å². The van der Waals surface area contributed by atoms with Crippen molar-refractivity contribution in [3.8, 4) is 40.2 Å². The molecule has 2 aromatic carbocycles. The van der Waals surface area contributed by atoms with E-state index in [0.717, 1.165) is 5.56 Å². The van der Waals surface area contributed by atoms with E-state index in [-0.39, 0.29) is 23.9 Å². The number of anilines is 1. The van der Waals surface area contributed by atoms with E-state index < -0.39 is 12.0 Å². The topological polar surface area (TPSA) is 124 Å². The van der Waals surface area contributed by atoms with Gasteiger partial charge in [-0.2, -0.15) is 9.78 Å². The Kier molecular flexibility index (Phi) is 5.30. The summed E-state index contributed by atoms with van der Waals surface area (Å²) in [6.45, 7) is 0.0423. The van der Waals surface area contributed by atoms with E-state index in [1.807, 2.05) is 36.4 Å². The van der Waals surface area contributed by atoms with Gasteiger partial charge in [-0.1, -0.05) is 42.5 Å². The first-order chi connectivity index (χ1) is 17.6. The Morgan fingerprint density at radius 2 is 1.78 bits per heavy atom. The van der Waals surface area contributed by atoms with Crippen LogP contribution in [0.15, 0.2) is 94.3 Å². The molecule has 3 aromatic heterocycles. The van der Waals surface area contributed by atoms with Crippen molar-refractivity contribution in [2.45, 2.75) is 6.10 Å². The van der Waals surface area contributed by atoms with Crippen LogP contribution in [-0.4, -0.2) is 38.4 Å². The highest BCUT2D eigenvalue weighted by atomic mass is 16.6. The Morgan fingerprint density at radius 3 is 2.58 bits per heavy atom. The maximum absolute atomic E-state index is 13.1. The first kappa shape index (κ1) is 21.4. The molecule has 0 radical (unpaired) electrons. The zero-order valence-electron chi connectivity index (χ0n) is 18.8. The molecular formula is C26H19N5O5. The Bertz CT molecular complexity index is 1590. The molecule has 0 saturated carbocycles. The molecule has 0 bridgehead atoms. The molecule has 0 fully saturated rings. The van der Waals surface area contributed by atoms with Gasteiger partial charge in [0, 0.05) is 17.7 Å². The van der Waals surface area contributed by atoms with Crippen molar-refractivity contribution in [3.63, 3.8) is 0 Å². The van der Waals surface area contributed by atoms with Crippen molar-refractivity contribution >= 4 is 11.7 Å². The summed E-state index contributed by atoms with van der Waals surface area (Å²) in [5, 5.41) is 7.36. The maximum Gasteiger partial charge on any atom is 0.270 e. The second-order valence-electron chi connectivity index (χ2n) is 7.98. The molecule has 36 heavy (non-hydrogen) atoms. The maximum atomic E-state index is 13.1. The second-order valence-corrected chi connectivity index (χ2v) is 7.98. The molecule has 4 heterocycles. The highest BCUT2D eigenvalue weighted by Crippen LogP contribution is 2.31. The minimum atomic E-state index is -0.891. The van der Waals surface area contributed by atoms with Crippen molar-refractivity contribution in [3.05, 3.63) is 95.5 Å². The fourth-order valence-corrected chi connectivity index (χ4v) is 3.83. The molecule has 1 aliphatic heterocycles. The normalized spacial score (nSPS) is 14.4. The van der Waals surface area contributed by atoms with Crippen LogP contribution in [0.4, 0.5) is 5.82 Å². The molecule has 5 aromatic rings. The van der Waals surface area contributed by atoms with Crippen LogP contribution in [0.5, 0.6) is 11.5 Å². The van der Waals surface area contributed by atoms with Crippen LogP contribution in [0.1, 0.15) is 0 Å². The fraction of sp³-hybridized carbons (Fsp3) is 0.0769. The average Bonchev–Trinajstić information content (AvgIpc) is 3.59. The molecule has 10 nitrogen and oxygen atoms in total. The molecule has 0 saturated heterocycles. The van der Waals surface area contributed by atoms with E-state index in [4.69, 9.17) is 13.9 Å². The lowest BCUT2D eigenvalue weighted by molar-refractivity contribution is -0.125. The van der Waals surface area contributed by atoms with E-state index in [1.54, 1.807) is 36.4 Å². The van der Waals surface area contributed by atoms with Gasteiger partial charge in [-0.05, 0) is 24.3 Å². The van der Waals surface area contributed by atoms with Crippen LogP contribution in [-0.2, 0) is 4.79 Å². The largest absolute Gasteiger partial charge is 0.485 e. The summed E-state index contributed by atoms with van der Waals surface area (Å²) in [5.74, 6) is 1.49. The van der Waals surface area contributed by atoms with Crippen molar-refractivity contribution in [2.24, 2.45) is 0 Å². The highest BCUT2D eigenvalue weighted by molar-refractivity contribution is 5.94. The van der Waals surface area contributed by atoms with Gasteiger partial charge in [0.15, 0.2) is 17.3 Å². The smallest absolute Gasteiger partial charge is 0.270 e. The van der Waals surface area contributed by atoms with Crippen molar-refractivity contribution in [1.82, 2.24) is 19.7 Å². The summed E-state index contributed by atoms with van der Waals surface area (Å²) in [6, 6.07) is 22.9. The van der Waals surface area contributed by atoms with Crippen LogP contribution in [0.25, 0.3) is 28.7 Å². The predicted octanol–water partition coefficient (Wildman–Crippen LogP) is 3.66. The number of hydrogen-bond donors (Lipinski definition) is 2. The van der Waals surface area contributed by atoms with Crippen LogP contribution in [0, 0.1) is 0 Å². The zero-order chi connectivity index (χ0) is 24.5. The van der Waals surface area contributed by atoms with E-state index in [9.17, 15) is 9.59 Å². The first-order valence-electron chi connectivity index (χ1n) is 11.1. The molecule has 178 valence electrons. The van der Waals surface area contributed by atoms with Crippen LogP contribution >= 0.6 is 0 Å². The molecule has 1 amide bonds. The van der Waals surface area contributed by atoms with Gasteiger partial charge < -0.3 is 19.2 Å². The minimum Gasteiger partial charge on any atom is -0.485 e. The number of benzene rings is 2. The third-order valence-electron chi connectivity index (χ3n) is 5.53. The van der Waals surface area contributed by atoms with E-state index >= 15 is 0 Å². The summed E-state index contributed by atoms with van der Waals surface area (Å²) in [5.41, 5.74) is 1.29. The summed E-state index contributed by atoms with van der Waals surface area (Å²) >= 11 is 0. The molecular weight excluding hydrogens is 462 g/mol. The number of fused-ring (bicyclic) bond motifs is 1. The van der Waals surface area contributed by atoms with Gasteiger partial charge in [-0.15, -0.1) is 0 Å². The fourth-order valence-electron chi connectivity index (χ4n) is 3.83. The number of carbonyl (C=O) groups excluding carboxylic acids is 1.